The van der Waals surface area contributed by atoms with Crippen LogP contribution in [-0.4, -0.2) is 58.2 Å². The van der Waals surface area contributed by atoms with Gasteiger partial charge in [-0.15, -0.1) is 0 Å². The van der Waals surface area contributed by atoms with E-state index in [1.807, 2.05) is 22.8 Å². The summed E-state index contributed by atoms with van der Waals surface area (Å²) in [7, 11) is -2.06. The van der Waals surface area contributed by atoms with Gasteiger partial charge in [0.05, 0.1) is 12.9 Å². The number of rotatable bonds is 6. The van der Waals surface area contributed by atoms with Crippen molar-refractivity contribution in [1.82, 2.24) is 19.5 Å². The number of nitrogens with one attached hydrogen (secondary N) is 1. The summed E-state index contributed by atoms with van der Waals surface area (Å²) in [6.07, 6.45) is 3.00. The van der Waals surface area contributed by atoms with Gasteiger partial charge in [-0.25, -0.2) is 15.0 Å². The number of hydrogen-bond donors (Lipinski definition) is 1. The van der Waals surface area contributed by atoms with Gasteiger partial charge in [0.15, 0.2) is 31.5 Å². The van der Waals surface area contributed by atoms with Crippen molar-refractivity contribution in [3.8, 4) is 0 Å². The molecule has 2 aliphatic heterocycles. The first-order valence-corrected chi connectivity index (χ1v) is 15.0. The number of ether oxygens (including phenoxy) is 2. The van der Waals surface area contributed by atoms with Crippen LogP contribution in [0.1, 0.15) is 50.7 Å². The lowest BCUT2D eigenvalue weighted by molar-refractivity contribution is -0.173. The van der Waals surface area contributed by atoms with E-state index in [2.05, 4.69) is 61.1 Å². The summed E-state index contributed by atoms with van der Waals surface area (Å²) in [5.74, 6) is 0.0957. The van der Waals surface area contributed by atoms with Gasteiger partial charge in [0.1, 0.15) is 24.1 Å². The molecular formula is C25H33N5O4Si. The minimum absolute atomic E-state index is 0.0697. The summed E-state index contributed by atoms with van der Waals surface area (Å²) in [6.45, 7) is 13.8. The lowest BCUT2D eigenvalue weighted by atomic mass is 9.96. The summed E-state index contributed by atoms with van der Waals surface area (Å²) >= 11 is 0. The van der Waals surface area contributed by atoms with Crippen LogP contribution >= 0.6 is 0 Å². The fourth-order valence-corrected chi connectivity index (χ4v) is 5.85. The zero-order valence-electron chi connectivity index (χ0n) is 21.1. The summed E-state index contributed by atoms with van der Waals surface area (Å²) in [6, 6.07) is 9.00. The molecule has 3 aromatic rings. The lowest BCUT2D eigenvalue weighted by Crippen LogP contribution is -2.51. The summed E-state index contributed by atoms with van der Waals surface area (Å²) in [5.41, 5.74) is 1.09. The highest BCUT2D eigenvalue weighted by molar-refractivity contribution is 6.74. The van der Waals surface area contributed by atoms with E-state index in [9.17, 15) is 4.79 Å². The number of anilines is 1. The van der Waals surface area contributed by atoms with E-state index < -0.39 is 20.1 Å². The Bertz CT molecular complexity index is 1240. The molecule has 9 nitrogen and oxygen atoms in total. The van der Waals surface area contributed by atoms with Gasteiger partial charge in [0.2, 0.25) is 0 Å². The molecule has 0 aliphatic carbocycles. The average molecular weight is 496 g/mol. The monoisotopic (exact) mass is 495 g/mol. The number of aromatic nitrogens is 4. The predicted octanol–water partition coefficient (Wildman–Crippen LogP) is 4.55. The van der Waals surface area contributed by atoms with E-state index in [4.69, 9.17) is 13.9 Å². The van der Waals surface area contributed by atoms with Gasteiger partial charge in [-0.3, -0.25) is 9.36 Å². The third kappa shape index (κ3) is 3.98. The summed E-state index contributed by atoms with van der Waals surface area (Å²) < 4.78 is 21.7. The number of fused-ring (bicyclic) bond motifs is 3. The van der Waals surface area contributed by atoms with Crippen molar-refractivity contribution in [3.05, 3.63) is 48.5 Å². The minimum atomic E-state index is -2.06. The van der Waals surface area contributed by atoms with Crippen LogP contribution in [0.4, 0.5) is 5.82 Å². The lowest BCUT2D eigenvalue weighted by Gasteiger charge is -2.40. The number of amides is 1. The van der Waals surface area contributed by atoms with Crippen LogP contribution in [0.15, 0.2) is 43.0 Å². The quantitative estimate of drug-likeness (QED) is 0.501. The molecule has 2 saturated heterocycles. The Hall–Kier alpha value is -2.66. The van der Waals surface area contributed by atoms with Crippen molar-refractivity contribution in [2.24, 2.45) is 0 Å². The third-order valence-electron chi connectivity index (χ3n) is 7.70. The van der Waals surface area contributed by atoms with Crippen LogP contribution in [0.3, 0.4) is 0 Å². The van der Waals surface area contributed by atoms with Crippen LogP contribution in [-0.2, 0) is 13.9 Å². The molecule has 2 aliphatic rings. The number of nitrogens with zero attached hydrogens (tertiary/aromatic N) is 4. The topological polar surface area (TPSA) is 100 Å². The molecule has 4 heterocycles. The molecule has 2 aromatic heterocycles. The standard InChI is InChI=1S/C25H33N5O4Si/c1-7-25-13-32-18(19(25)34-35(5,6)24(2,3)4)23(33-25)30-15-28-17-20(26-14-27-21(17)30)29-22(31)16-11-9-8-10-12-16/h8-12,14-15,18-19,23H,7,13H2,1-6H3,(H,26,27,29,31)/t18?,19-,23-,25+/m1/s1. The van der Waals surface area contributed by atoms with Crippen LogP contribution in [0.25, 0.3) is 11.2 Å². The highest BCUT2D eigenvalue weighted by Crippen LogP contribution is 2.51. The third-order valence-corrected chi connectivity index (χ3v) is 12.2. The number of hydrogen-bond acceptors (Lipinski definition) is 7. The molecule has 1 unspecified atom stereocenters. The SMILES string of the molecule is CC[C@@]12COC([C@H](n3cnc4c(NC(=O)c5ccccc5)ncnc43)O1)[C@H]2O[Si](C)(C)C(C)(C)C. The first kappa shape index (κ1) is 24.0. The first-order valence-electron chi connectivity index (χ1n) is 12.1. The van der Waals surface area contributed by atoms with E-state index in [1.165, 1.54) is 6.33 Å². The molecule has 35 heavy (non-hydrogen) atoms. The van der Waals surface area contributed by atoms with Gasteiger partial charge >= 0.3 is 0 Å². The number of imidazole rings is 1. The highest BCUT2D eigenvalue weighted by Gasteiger charge is 2.63. The molecule has 0 radical (unpaired) electrons. The molecule has 0 saturated carbocycles. The largest absolute Gasteiger partial charge is 0.408 e. The second kappa shape index (κ2) is 8.47. The van der Waals surface area contributed by atoms with Gasteiger partial charge < -0.3 is 19.2 Å². The number of carbonyl (C=O) groups excluding carboxylic acids is 1. The normalized spacial score (nSPS) is 26.4. The number of benzene rings is 1. The van der Waals surface area contributed by atoms with Crippen LogP contribution in [0, 0.1) is 0 Å². The Morgan fingerprint density at radius 1 is 1.23 bits per heavy atom. The summed E-state index contributed by atoms with van der Waals surface area (Å²) in [4.78, 5) is 26.0. The van der Waals surface area contributed by atoms with E-state index in [-0.39, 0.29) is 23.2 Å². The second-order valence-corrected chi connectivity index (χ2v) is 15.6. The predicted molar refractivity (Wildman–Crippen MR) is 135 cm³/mol. The molecule has 5 rings (SSSR count). The Morgan fingerprint density at radius 3 is 2.66 bits per heavy atom. The van der Waals surface area contributed by atoms with Crippen molar-refractivity contribution in [1.29, 1.82) is 0 Å². The van der Waals surface area contributed by atoms with Gasteiger partial charge in [-0.2, -0.15) is 0 Å². The molecule has 186 valence electrons. The Labute approximate surface area is 206 Å². The number of carbonyl (C=O) groups is 1. The van der Waals surface area contributed by atoms with Gasteiger partial charge in [-0.1, -0.05) is 45.9 Å². The smallest absolute Gasteiger partial charge is 0.256 e. The zero-order valence-corrected chi connectivity index (χ0v) is 22.1. The summed E-state index contributed by atoms with van der Waals surface area (Å²) in [5, 5.41) is 2.93. The van der Waals surface area contributed by atoms with Crippen molar-refractivity contribution in [2.75, 3.05) is 11.9 Å². The molecule has 2 bridgehead atoms. The van der Waals surface area contributed by atoms with Crippen LogP contribution in [0.2, 0.25) is 18.1 Å². The van der Waals surface area contributed by atoms with Crippen molar-refractivity contribution in [2.45, 2.75) is 76.3 Å². The minimum Gasteiger partial charge on any atom is -0.408 e. The van der Waals surface area contributed by atoms with E-state index >= 15 is 0 Å². The maximum Gasteiger partial charge on any atom is 0.256 e. The van der Waals surface area contributed by atoms with E-state index in [0.29, 0.717) is 29.2 Å². The van der Waals surface area contributed by atoms with Gasteiger partial charge in [0, 0.05) is 5.56 Å². The molecule has 4 atom stereocenters. The van der Waals surface area contributed by atoms with Gasteiger partial charge in [0.25, 0.3) is 5.91 Å². The maximum atomic E-state index is 12.7. The van der Waals surface area contributed by atoms with Crippen LogP contribution in [0.5, 0.6) is 0 Å². The molecule has 2 fully saturated rings. The second-order valence-electron chi connectivity index (χ2n) is 10.9. The maximum absolute atomic E-state index is 12.7. The molecule has 10 heteroatoms. The fraction of sp³-hybridized carbons (Fsp3) is 0.520. The zero-order chi connectivity index (χ0) is 25.0. The Kier molecular flexibility index (Phi) is 5.82. The first-order chi connectivity index (χ1) is 16.6. The van der Waals surface area contributed by atoms with Gasteiger partial charge in [-0.05, 0) is 36.7 Å². The molecule has 0 spiro atoms. The Balaban J connectivity index is 1.45. The molecular weight excluding hydrogens is 462 g/mol. The molecule has 1 amide bonds. The van der Waals surface area contributed by atoms with E-state index in [1.54, 1.807) is 18.5 Å². The van der Waals surface area contributed by atoms with Crippen molar-refractivity contribution < 1.29 is 18.7 Å². The average Bonchev–Trinajstić information content (AvgIpc) is 3.49. The van der Waals surface area contributed by atoms with E-state index in [0.717, 1.165) is 6.42 Å². The molecule has 1 aromatic carbocycles. The fourth-order valence-electron chi connectivity index (χ4n) is 4.52. The van der Waals surface area contributed by atoms with Crippen LogP contribution < -0.4 is 5.32 Å². The van der Waals surface area contributed by atoms with Crippen molar-refractivity contribution >= 4 is 31.2 Å². The molecule has 1 N–H and O–H groups in total. The Morgan fingerprint density at radius 2 is 1.97 bits per heavy atom. The van der Waals surface area contributed by atoms with Crippen molar-refractivity contribution in [3.63, 3.8) is 0 Å². The highest BCUT2D eigenvalue weighted by atomic mass is 28.4.